The molecule has 1 aliphatic rings. The molecule has 1 aromatic carbocycles. The van der Waals surface area contributed by atoms with E-state index < -0.39 is 0 Å². The zero-order valence-corrected chi connectivity index (χ0v) is 17.3. The number of ether oxygens (including phenoxy) is 1. The summed E-state index contributed by atoms with van der Waals surface area (Å²) >= 11 is 1.50. The van der Waals surface area contributed by atoms with Crippen LogP contribution in [0.15, 0.2) is 46.5 Å². The number of carbonyl (C=O) groups excluding carboxylic acids is 2. The topological polar surface area (TPSA) is 62.7 Å². The molecule has 0 radical (unpaired) electrons. The molecule has 1 saturated heterocycles. The molecule has 0 saturated carbocycles. The molecule has 2 amide bonds. The molecule has 1 aromatic heterocycles. The normalized spacial score (nSPS) is 14.5. The molecule has 7 heteroatoms. The van der Waals surface area contributed by atoms with Crippen LogP contribution in [0, 0.1) is 13.8 Å². The Bertz CT molecular complexity index is 872. The van der Waals surface area contributed by atoms with Crippen molar-refractivity contribution in [1.82, 2.24) is 14.8 Å². The minimum absolute atomic E-state index is 0.0499. The number of amides is 2. The fourth-order valence-corrected chi connectivity index (χ4v) is 4.10. The molecular formula is C21H25N3O3S. The number of nitrogens with zero attached hydrogens (tertiary/aromatic N) is 3. The lowest BCUT2D eigenvalue weighted by molar-refractivity contribution is 0.0753. The standard InChI is InChI=1S/C21H25N3O3S/c1-15-7-8-17(14-16(15)2)28-19-18(6-4-9-22-19)20(25)23-10-5-11-24(13-12-23)21(26)27-3/h4,6-9,14H,5,10-13H2,1-3H3. The van der Waals surface area contributed by atoms with E-state index in [4.69, 9.17) is 4.74 Å². The molecule has 0 N–H and O–H groups in total. The van der Waals surface area contributed by atoms with Crippen LogP contribution in [-0.2, 0) is 4.74 Å². The Hall–Kier alpha value is -2.54. The fraction of sp³-hybridized carbons (Fsp3) is 0.381. The van der Waals surface area contributed by atoms with E-state index in [9.17, 15) is 9.59 Å². The molecule has 1 aliphatic heterocycles. The summed E-state index contributed by atoms with van der Waals surface area (Å²) in [7, 11) is 1.38. The van der Waals surface area contributed by atoms with Gasteiger partial charge in [-0.25, -0.2) is 9.78 Å². The molecule has 6 nitrogen and oxygen atoms in total. The molecule has 0 bridgehead atoms. The van der Waals surface area contributed by atoms with Crippen LogP contribution in [0.5, 0.6) is 0 Å². The lowest BCUT2D eigenvalue weighted by Crippen LogP contribution is -2.37. The highest BCUT2D eigenvalue weighted by Gasteiger charge is 2.25. The molecule has 2 aromatic rings. The first kappa shape index (κ1) is 20.2. The summed E-state index contributed by atoms with van der Waals surface area (Å²) in [5.74, 6) is -0.0499. The Morgan fingerprint density at radius 3 is 2.54 bits per heavy atom. The first-order chi connectivity index (χ1) is 13.5. The van der Waals surface area contributed by atoms with Crippen molar-refractivity contribution >= 4 is 23.8 Å². The minimum Gasteiger partial charge on any atom is -0.453 e. The first-order valence-electron chi connectivity index (χ1n) is 9.32. The maximum absolute atomic E-state index is 13.2. The monoisotopic (exact) mass is 399 g/mol. The summed E-state index contributed by atoms with van der Waals surface area (Å²) in [5.41, 5.74) is 3.04. The zero-order valence-electron chi connectivity index (χ0n) is 16.5. The van der Waals surface area contributed by atoms with Crippen LogP contribution in [-0.4, -0.2) is 60.1 Å². The lowest BCUT2D eigenvalue weighted by atomic mass is 10.1. The van der Waals surface area contributed by atoms with Crippen LogP contribution in [0.25, 0.3) is 0 Å². The van der Waals surface area contributed by atoms with Crippen molar-refractivity contribution in [2.75, 3.05) is 33.3 Å². The molecule has 2 heterocycles. The summed E-state index contributed by atoms with van der Waals surface area (Å²) in [6, 6.07) is 9.86. The number of pyridine rings is 1. The number of hydrogen-bond acceptors (Lipinski definition) is 5. The molecule has 1 fully saturated rings. The van der Waals surface area contributed by atoms with Crippen LogP contribution >= 0.6 is 11.8 Å². The highest BCUT2D eigenvalue weighted by Crippen LogP contribution is 2.30. The Labute approximate surface area is 169 Å². The van der Waals surface area contributed by atoms with Crippen LogP contribution in [0.4, 0.5) is 4.79 Å². The molecule has 0 unspecified atom stereocenters. The molecule has 148 valence electrons. The summed E-state index contributed by atoms with van der Waals surface area (Å²) < 4.78 is 4.80. The zero-order chi connectivity index (χ0) is 20.1. The second-order valence-electron chi connectivity index (χ2n) is 6.81. The summed E-state index contributed by atoms with van der Waals surface area (Å²) in [6.07, 6.45) is 2.09. The number of methoxy groups -OCH3 is 1. The number of hydrogen-bond donors (Lipinski definition) is 0. The van der Waals surface area contributed by atoms with Crippen molar-refractivity contribution in [3.8, 4) is 0 Å². The third-order valence-electron chi connectivity index (χ3n) is 4.91. The number of rotatable bonds is 3. The third kappa shape index (κ3) is 4.65. The largest absolute Gasteiger partial charge is 0.453 e. The van der Waals surface area contributed by atoms with Crippen molar-refractivity contribution in [3.63, 3.8) is 0 Å². The Morgan fingerprint density at radius 1 is 1.04 bits per heavy atom. The van der Waals surface area contributed by atoms with Gasteiger partial charge in [0.15, 0.2) is 0 Å². The smallest absolute Gasteiger partial charge is 0.409 e. The molecule has 0 aliphatic carbocycles. The molecular weight excluding hydrogens is 374 g/mol. The van der Waals surface area contributed by atoms with Crippen LogP contribution < -0.4 is 0 Å². The average molecular weight is 400 g/mol. The Morgan fingerprint density at radius 2 is 1.79 bits per heavy atom. The van der Waals surface area contributed by atoms with Gasteiger partial charge in [0.2, 0.25) is 0 Å². The SMILES string of the molecule is COC(=O)N1CCCN(C(=O)c2cccnc2Sc2ccc(C)c(C)c2)CC1. The predicted octanol–water partition coefficient (Wildman–Crippen LogP) is 3.76. The third-order valence-corrected chi connectivity index (χ3v) is 5.92. The van der Waals surface area contributed by atoms with E-state index in [0.717, 1.165) is 11.3 Å². The lowest BCUT2D eigenvalue weighted by Gasteiger charge is -2.22. The molecule has 3 rings (SSSR count). The highest BCUT2D eigenvalue weighted by atomic mass is 32.2. The van der Waals surface area contributed by atoms with Gasteiger partial charge in [-0.15, -0.1) is 0 Å². The predicted molar refractivity (Wildman–Crippen MR) is 109 cm³/mol. The molecule has 0 atom stereocenters. The van der Waals surface area contributed by atoms with Gasteiger partial charge in [-0.3, -0.25) is 4.79 Å². The van der Waals surface area contributed by atoms with Gasteiger partial charge in [-0.05, 0) is 55.7 Å². The number of aryl methyl sites for hydroxylation is 2. The number of aromatic nitrogens is 1. The van der Waals surface area contributed by atoms with Gasteiger partial charge in [-0.1, -0.05) is 17.8 Å². The summed E-state index contributed by atoms with van der Waals surface area (Å²) in [6.45, 7) is 6.31. The molecule has 0 spiro atoms. The maximum atomic E-state index is 13.2. The Balaban J connectivity index is 1.77. The van der Waals surface area contributed by atoms with Gasteiger partial charge in [0.1, 0.15) is 5.03 Å². The van der Waals surface area contributed by atoms with Gasteiger partial charge >= 0.3 is 6.09 Å². The van der Waals surface area contributed by atoms with Crippen molar-refractivity contribution < 1.29 is 14.3 Å². The second kappa shape index (κ2) is 9.10. The van der Waals surface area contributed by atoms with Crippen molar-refractivity contribution in [2.45, 2.75) is 30.2 Å². The Kier molecular flexibility index (Phi) is 6.57. The molecule has 28 heavy (non-hydrogen) atoms. The van der Waals surface area contributed by atoms with Crippen molar-refractivity contribution in [2.24, 2.45) is 0 Å². The fourth-order valence-electron chi connectivity index (χ4n) is 3.13. The van der Waals surface area contributed by atoms with Gasteiger partial charge < -0.3 is 14.5 Å². The van der Waals surface area contributed by atoms with Gasteiger partial charge in [-0.2, -0.15) is 0 Å². The van der Waals surface area contributed by atoms with Crippen LogP contribution in [0.1, 0.15) is 27.9 Å². The van der Waals surface area contributed by atoms with E-state index in [2.05, 4.69) is 37.0 Å². The van der Waals surface area contributed by atoms with E-state index in [1.165, 1.54) is 30.0 Å². The van der Waals surface area contributed by atoms with E-state index in [1.54, 1.807) is 22.1 Å². The maximum Gasteiger partial charge on any atom is 0.409 e. The number of benzene rings is 1. The second-order valence-corrected chi connectivity index (χ2v) is 7.87. The van der Waals surface area contributed by atoms with E-state index in [-0.39, 0.29) is 12.0 Å². The van der Waals surface area contributed by atoms with E-state index in [0.29, 0.717) is 36.8 Å². The van der Waals surface area contributed by atoms with E-state index in [1.807, 2.05) is 6.07 Å². The number of carbonyl (C=O) groups is 2. The van der Waals surface area contributed by atoms with Crippen molar-refractivity contribution in [1.29, 1.82) is 0 Å². The van der Waals surface area contributed by atoms with Gasteiger partial charge in [0, 0.05) is 37.3 Å². The van der Waals surface area contributed by atoms with Crippen molar-refractivity contribution in [3.05, 3.63) is 53.2 Å². The van der Waals surface area contributed by atoms with Crippen LogP contribution in [0.2, 0.25) is 0 Å². The summed E-state index contributed by atoms with van der Waals surface area (Å²) in [4.78, 5) is 33.9. The van der Waals surface area contributed by atoms with Gasteiger partial charge in [0.05, 0.1) is 12.7 Å². The highest BCUT2D eigenvalue weighted by molar-refractivity contribution is 7.99. The van der Waals surface area contributed by atoms with E-state index >= 15 is 0 Å². The first-order valence-corrected chi connectivity index (χ1v) is 10.1. The van der Waals surface area contributed by atoms with Crippen LogP contribution in [0.3, 0.4) is 0 Å². The average Bonchev–Trinajstić information content (AvgIpc) is 2.96. The minimum atomic E-state index is -0.346. The summed E-state index contributed by atoms with van der Waals surface area (Å²) in [5, 5.41) is 0.699. The van der Waals surface area contributed by atoms with Gasteiger partial charge in [0.25, 0.3) is 5.91 Å². The quantitative estimate of drug-likeness (QED) is 0.786.